The molecule has 0 amide bonds. The number of carbonyl (C=O) groups is 1. The van der Waals surface area contributed by atoms with Gasteiger partial charge in [-0.3, -0.25) is 5.10 Å². The van der Waals surface area contributed by atoms with E-state index in [0.717, 1.165) is 12.8 Å². The summed E-state index contributed by atoms with van der Waals surface area (Å²) in [6.07, 6.45) is 4.50. The number of carbonyl (C=O) groups excluding carboxylic acids is 1. The summed E-state index contributed by atoms with van der Waals surface area (Å²) in [5.74, 6) is 0.817. The van der Waals surface area contributed by atoms with Crippen molar-refractivity contribution >= 4 is 11.7 Å². The molecule has 0 radical (unpaired) electrons. The van der Waals surface area contributed by atoms with E-state index in [0.29, 0.717) is 17.5 Å². The molecule has 1 aliphatic rings. The molecule has 0 aliphatic heterocycles. The monoisotopic (exact) mass is 237 g/mol. The van der Waals surface area contributed by atoms with E-state index in [1.807, 2.05) is 0 Å². The highest BCUT2D eigenvalue weighted by molar-refractivity contribution is 5.92. The first-order chi connectivity index (χ1) is 8.06. The van der Waals surface area contributed by atoms with Crippen molar-refractivity contribution < 1.29 is 9.53 Å². The predicted molar refractivity (Wildman–Crippen MR) is 64.4 cm³/mol. The van der Waals surface area contributed by atoms with Gasteiger partial charge in [0, 0.05) is 0 Å². The van der Waals surface area contributed by atoms with Crippen LogP contribution in [0.3, 0.4) is 0 Å². The first-order valence-corrected chi connectivity index (χ1v) is 6.06. The number of nitrogens with two attached hydrogens (primary N) is 1. The molecule has 0 spiro atoms. The van der Waals surface area contributed by atoms with Gasteiger partial charge in [0.2, 0.25) is 0 Å². The Kier molecular flexibility index (Phi) is 3.36. The SMILES string of the molecule is CC1CC(C)CC(OC(=O)c2[nH]ncc2N)C1. The minimum absolute atomic E-state index is 0.00366. The Bertz CT molecular complexity index is 392. The summed E-state index contributed by atoms with van der Waals surface area (Å²) in [7, 11) is 0. The molecular weight excluding hydrogens is 218 g/mol. The number of rotatable bonds is 2. The first-order valence-electron chi connectivity index (χ1n) is 6.06. The van der Waals surface area contributed by atoms with Crippen LogP contribution in [0.25, 0.3) is 0 Å². The quantitative estimate of drug-likeness (QED) is 0.770. The molecule has 1 saturated carbocycles. The van der Waals surface area contributed by atoms with E-state index in [1.54, 1.807) is 0 Å². The fraction of sp³-hybridized carbons (Fsp3) is 0.667. The molecule has 2 unspecified atom stereocenters. The number of hydrogen-bond donors (Lipinski definition) is 2. The van der Waals surface area contributed by atoms with Gasteiger partial charge in [-0.2, -0.15) is 5.10 Å². The molecule has 17 heavy (non-hydrogen) atoms. The van der Waals surface area contributed by atoms with Gasteiger partial charge in [0.15, 0.2) is 5.69 Å². The number of hydrogen-bond acceptors (Lipinski definition) is 4. The zero-order chi connectivity index (χ0) is 12.4. The van der Waals surface area contributed by atoms with Crippen LogP contribution in [0.2, 0.25) is 0 Å². The van der Waals surface area contributed by atoms with Crippen molar-refractivity contribution in [3.8, 4) is 0 Å². The summed E-state index contributed by atoms with van der Waals surface area (Å²) in [6.45, 7) is 4.39. The fourth-order valence-electron chi connectivity index (χ4n) is 2.64. The van der Waals surface area contributed by atoms with Crippen molar-refractivity contribution in [1.82, 2.24) is 10.2 Å². The topological polar surface area (TPSA) is 81.0 Å². The molecule has 1 aliphatic carbocycles. The van der Waals surface area contributed by atoms with Gasteiger partial charge in [-0.05, 0) is 31.1 Å². The number of esters is 1. The van der Waals surface area contributed by atoms with E-state index in [2.05, 4.69) is 24.0 Å². The van der Waals surface area contributed by atoms with Gasteiger partial charge in [-0.1, -0.05) is 13.8 Å². The maximum atomic E-state index is 11.8. The van der Waals surface area contributed by atoms with Crippen LogP contribution < -0.4 is 5.73 Å². The highest BCUT2D eigenvalue weighted by atomic mass is 16.5. The van der Waals surface area contributed by atoms with Crippen LogP contribution in [0.4, 0.5) is 5.69 Å². The smallest absolute Gasteiger partial charge is 0.358 e. The van der Waals surface area contributed by atoms with Crippen LogP contribution in [-0.4, -0.2) is 22.3 Å². The third kappa shape index (κ3) is 2.78. The molecule has 1 fully saturated rings. The largest absolute Gasteiger partial charge is 0.458 e. The summed E-state index contributed by atoms with van der Waals surface area (Å²) < 4.78 is 5.47. The highest BCUT2D eigenvalue weighted by Crippen LogP contribution is 2.30. The molecule has 5 heteroatoms. The number of anilines is 1. The zero-order valence-corrected chi connectivity index (χ0v) is 10.3. The maximum Gasteiger partial charge on any atom is 0.358 e. The van der Waals surface area contributed by atoms with Crippen LogP contribution in [0.1, 0.15) is 43.6 Å². The van der Waals surface area contributed by atoms with Crippen molar-refractivity contribution in [2.45, 2.75) is 39.2 Å². The van der Waals surface area contributed by atoms with E-state index in [-0.39, 0.29) is 11.8 Å². The second-order valence-corrected chi connectivity index (χ2v) is 5.15. The Labute approximate surface area is 101 Å². The molecule has 0 saturated heterocycles. The van der Waals surface area contributed by atoms with Gasteiger partial charge >= 0.3 is 5.97 Å². The van der Waals surface area contributed by atoms with Crippen molar-refractivity contribution in [2.24, 2.45) is 11.8 Å². The summed E-state index contributed by atoms with van der Waals surface area (Å²) in [5, 5.41) is 6.28. The lowest BCUT2D eigenvalue weighted by Gasteiger charge is -2.30. The average Bonchev–Trinajstić information content (AvgIpc) is 2.62. The van der Waals surface area contributed by atoms with E-state index < -0.39 is 5.97 Å². The number of H-pyrrole nitrogens is 1. The number of aromatic nitrogens is 2. The van der Waals surface area contributed by atoms with Crippen LogP contribution in [-0.2, 0) is 4.74 Å². The third-order valence-electron chi connectivity index (χ3n) is 3.28. The second kappa shape index (κ2) is 4.77. The molecule has 1 heterocycles. The van der Waals surface area contributed by atoms with Crippen LogP contribution >= 0.6 is 0 Å². The first kappa shape index (κ1) is 12.0. The van der Waals surface area contributed by atoms with Crippen LogP contribution in [0.5, 0.6) is 0 Å². The summed E-state index contributed by atoms with van der Waals surface area (Å²) in [6, 6.07) is 0. The highest BCUT2D eigenvalue weighted by Gasteiger charge is 2.27. The normalized spacial score (nSPS) is 28.9. The van der Waals surface area contributed by atoms with E-state index >= 15 is 0 Å². The van der Waals surface area contributed by atoms with Gasteiger partial charge < -0.3 is 10.5 Å². The molecule has 0 aromatic carbocycles. The third-order valence-corrected chi connectivity index (χ3v) is 3.28. The fourth-order valence-corrected chi connectivity index (χ4v) is 2.64. The Balaban J connectivity index is 1.97. The van der Waals surface area contributed by atoms with Gasteiger partial charge in [0.25, 0.3) is 0 Å². The Hall–Kier alpha value is -1.52. The Morgan fingerprint density at radius 3 is 2.59 bits per heavy atom. The average molecular weight is 237 g/mol. The molecule has 2 atom stereocenters. The molecule has 3 N–H and O–H groups in total. The van der Waals surface area contributed by atoms with Crippen molar-refractivity contribution in [1.29, 1.82) is 0 Å². The van der Waals surface area contributed by atoms with Crippen LogP contribution in [0, 0.1) is 11.8 Å². The van der Waals surface area contributed by atoms with Gasteiger partial charge in [-0.15, -0.1) is 0 Å². The molecule has 94 valence electrons. The minimum atomic E-state index is -0.397. The molecular formula is C12H19N3O2. The summed E-state index contributed by atoms with van der Waals surface area (Å²) >= 11 is 0. The lowest BCUT2D eigenvalue weighted by Crippen LogP contribution is -2.28. The number of ether oxygens (including phenoxy) is 1. The number of nitrogen functional groups attached to an aromatic ring is 1. The summed E-state index contributed by atoms with van der Waals surface area (Å²) in [4.78, 5) is 11.8. The van der Waals surface area contributed by atoms with Gasteiger partial charge in [0.05, 0.1) is 11.9 Å². The molecule has 1 aromatic heterocycles. The zero-order valence-electron chi connectivity index (χ0n) is 10.3. The molecule has 2 rings (SSSR count). The standard InChI is InChI=1S/C12H19N3O2/c1-7-3-8(2)5-9(4-7)17-12(16)11-10(13)6-14-15-11/h6-9H,3-5,13H2,1-2H3,(H,14,15). The summed E-state index contributed by atoms with van der Waals surface area (Å²) in [5.41, 5.74) is 6.21. The second-order valence-electron chi connectivity index (χ2n) is 5.15. The van der Waals surface area contributed by atoms with Crippen LogP contribution in [0.15, 0.2) is 6.20 Å². The number of nitrogens with one attached hydrogen (secondary N) is 1. The van der Waals surface area contributed by atoms with Crippen molar-refractivity contribution in [3.05, 3.63) is 11.9 Å². The molecule has 1 aromatic rings. The lowest BCUT2D eigenvalue weighted by molar-refractivity contribution is 0.00756. The minimum Gasteiger partial charge on any atom is -0.458 e. The van der Waals surface area contributed by atoms with Crippen molar-refractivity contribution in [2.75, 3.05) is 5.73 Å². The predicted octanol–water partition coefficient (Wildman–Crippen LogP) is 1.97. The van der Waals surface area contributed by atoms with E-state index in [9.17, 15) is 4.79 Å². The van der Waals surface area contributed by atoms with Gasteiger partial charge in [-0.25, -0.2) is 4.79 Å². The maximum absolute atomic E-state index is 11.8. The molecule has 5 nitrogen and oxygen atoms in total. The Morgan fingerprint density at radius 1 is 1.41 bits per heavy atom. The number of aromatic amines is 1. The van der Waals surface area contributed by atoms with E-state index in [1.165, 1.54) is 12.6 Å². The van der Waals surface area contributed by atoms with Crippen molar-refractivity contribution in [3.63, 3.8) is 0 Å². The number of nitrogens with zero attached hydrogens (tertiary/aromatic N) is 1. The lowest BCUT2D eigenvalue weighted by atomic mass is 9.82. The Morgan fingerprint density at radius 2 is 2.06 bits per heavy atom. The molecule has 0 bridgehead atoms. The van der Waals surface area contributed by atoms with Gasteiger partial charge in [0.1, 0.15) is 6.10 Å². The van der Waals surface area contributed by atoms with E-state index in [4.69, 9.17) is 10.5 Å².